The smallest absolute Gasteiger partial charge is 0.261 e. The van der Waals surface area contributed by atoms with Crippen molar-refractivity contribution in [2.45, 2.75) is 46.6 Å². The van der Waals surface area contributed by atoms with Crippen LogP contribution in [-0.2, 0) is 19.4 Å². The second-order valence-corrected chi connectivity index (χ2v) is 9.04. The van der Waals surface area contributed by atoms with Crippen LogP contribution in [0.1, 0.15) is 53.0 Å². The van der Waals surface area contributed by atoms with Gasteiger partial charge in [-0.05, 0) is 72.9 Å². The molecule has 2 aromatic carbocycles. The summed E-state index contributed by atoms with van der Waals surface area (Å²) >= 11 is 0. The first-order valence-corrected chi connectivity index (χ1v) is 11.4. The van der Waals surface area contributed by atoms with E-state index in [1.807, 2.05) is 36.4 Å². The van der Waals surface area contributed by atoms with Gasteiger partial charge in [0.05, 0.1) is 11.4 Å². The maximum Gasteiger partial charge on any atom is 0.261 e. The highest BCUT2D eigenvalue weighted by Crippen LogP contribution is 2.29. The number of amides is 1. The monoisotopic (exact) mass is 429 g/mol. The maximum atomic E-state index is 13.1. The molecule has 1 aromatic heterocycles. The van der Waals surface area contributed by atoms with E-state index in [0.717, 1.165) is 36.2 Å². The SMILES string of the molecule is Cc1ccccc1CNc1ccccc1NC(=O)c1cc2c([nH]c1=O)CCC(C(C)C)C2. The molecule has 3 aromatic rings. The van der Waals surface area contributed by atoms with Crippen LogP contribution in [0.3, 0.4) is 0 Å². The largest absolute Gasteiger partial charge is 0.379 e. The Morgan fingerprint density at radius 1 is 1.09 bits per heavy atom. The zero-order valence-corrected chi connectivity index (χ0v) is 19.0. The fourth-order valence-corrected chi connectivity index (χ4v) is 4.40. The molecular formula is C27H31N3O2. The van der Waals surface area contributed by atoms with Crippen molar-refractivity contribution in [2.24, 2.45) is 11.8 Å². The predicted molar refractivity (Wildman–Crippen MR) is 130 cm³/mol. The van der Waals surface area contributed by atoms with Crippen LogP contribution in [0.2, 0.25) is 0 Å². The number of carbonyl (C=O) groups is 1. The molecule has 0 bridgehead atoms. The normalized spacial score (nSPS) is 15.3. The molecule has 0 saturated heterocycles. The van der Waals surface area contributed by atoms with Crippen LogP contribution in [0.25, 0.3) is 0 Å². The Kier molecular flexibility index (Phi) is 6.45. The third-order valence-corrected chi connectivity index (χ3v) is 6.56. The Bertz CT molecular complexity index is 1180. The molecule has 1 atom stereocenters. The van der Waals surface area contributed by atoms with E-state index in [2.05, 4.69) is 48.5 Å². The lowest BCUT2D eigenvalue weighted by molar-refractivity contribution is 0.102. The minimum absolute atomic E-state index is 0.168. The van der Waals surface area contributed by atoms with Gasteiger partial charge in [0.1, 0.15) is 5.56 Å². The van der Waals surface area contributed by atoms with Gasteiger partial charge in [0.2, 0.25) is 0 Å². The van der Waals surface area contributed by atoms with E-state index in [4.69, 9.17) is 0 Å². The van der Waals surface area contributed by atoms with Crippen molar-refractivity contribution in [1.29, 1.82) is 0 Å². The number of fused-ring (bicyclic) bond motifs is 1. The number of aromatic nitrogens is 1. The molecule has 1 unspecified atom stereocenters. The molecule has 1 aliphatic rings. The van der Waals surface area contributed by atoms with E-state index in [0.29, 0.717) is 24.1 Å². The van der Waals surface area contributed by atoms with Crippen molar-refractivity contribution in [3.63, 3.8) is 0 Å². The lowest BCUT2D eigenvalue weighted by Gasteiger charge is -2.27. The summed E-state index contributed by atoms with van der Waals surface area (Å²) in [6.07, 6.45) is 2.84. The standard InChI is InChI=1S/C27H31N3O2/c1-17(2)19-12-13-23-21(14-19)15-22(26(31)29-23)27(32)30-25-11-7-6-10-24(25)28-16-20-9-5-4-8-18(20)3/h4-11,15,17,19,28H,12-14,16H2,1-3H3,(H,29,31)(H,30,32). The predicted octanol–water partition coefficient (Wildman–Crippen LogP) is 5.31. The molecule has 5 nitrogen and oxygen atoms in total. The van der Waals surface area contributed by atoms with Crippen molar-refractivity contribution in [2.75, 3.05) is 10.6 Å². The van der Waals surface area contributed by atoms with Gasteiger partial charge < -0.3 is 15.6 Å². The second kappa shape index (κ2) is 9.43. The van der Waals surface area contributed by atoms with Crippen molar-refractivity contribution in [3.8, 4) is 0 Å². The van der Waals surface area contributed by atoms with Crippen molar-refractivity contribution in [3.05, 3.63) is 92.9 Å². The topological polar surface area (TPSA) is 74.0 Å². The summed E-state index contributed by atoms with van der Waals surface area (Å²) in [6.45, 7) is 7.19. The van der Waals surface area contributed by atoms with E-state index >= 15 is 0 Å². The molecule has 0 fully saturated rings. The number of rotatable bonds is 6. The van der Waals surface area contributed by atoms with Gasteiger partial charge in [-0.25, -0.2) is 0 Å². The lowest BCUT2D eigenvalue weighted by Crippen LogP contribution is -2.28. The number of para-hydroxylation sites is 2. The molecule has 4 rings (SSSR count). The van der Waals surface area contributed by atoms with E-state index in [-0.39, 0.29) is 17.0 Å². The van der Waals surface area contributed by atoms with Crippen LogP contribution < -0.4 is 16.2 Å². The van der Waals surface area contributed by atoms with Crippen LogP contribution in [0.4, 0.5) is 11.4 Å². The van der Waals surface area contributed by atoms with Crippen molar-refractivity contribution in [1.82, 2.24) is 4.98 Å². The van der Waals surface area contributed by atoms with Crippen LogP contribution >= 0.6 is 0 Å². The number of carbonyl (C=O) groups excluding carboxylic acids is 1. The van der Waals surface area contributed by atoms with Gasteiger partial charge in [0, 0.05) is 12.2 Å². The third-order valence-electron chi connectivity index (χ3n) is 6.56. The highest BCUT2D eigenvalue weighted by Gasteiger charge is 2.24. The maximum absolute atomic E-state index is 13.1. The molecule has 0 aliphatic heterocycles. The van der Waals surface area contributed by atoms with Crippen LogP contribution in [0.5, 0.6) is 0 Å². The number of hydrogen-bond donors (Lipinski definition) is 3. The van der Waals surface area contributed by atoms with Gasteiger partial charge in [-0.2, -0.15) is 0 Å². The van der Waals surface area contributed by atoms with E-state index in [9.17, 15) is 9.59 Å². The number of anilines is 2. The summed E-state index contributed by atoms with van der Waals surface area (Å²) in [4.78, 5) is 28.7. The molecule has 3 N–H and O–H groups in total. The lowest BCUT2D eigenvalue weighted by atomic mass is 9.80. The number of benzene rings is 2. The second-order valence-electron chi connectivity index (χ2n) is 9.04. The number of H-pyrrole nitrogens is 1. The van der Waals surface area contributed by atoms with Gasteiger partial charge in [0.15, 0.2) is 0 Å². The molecule has 0 saturated carbocycles. The summed E-state index contributed by atoms with van der Waals surface area (Å²) in [5.41, 5.74) is 5.79. The summed E-state index contributed by atoms with van der Waals surface area (Å²) in [7, 11) is 0. The summed E-state index contributed by atoms with van der Waals surface area (Å²) in [5, 5.41) is 6.35. The first kappa shape index (κ1) is 21.9. The minimum Gasteiger partial charge on any atom is -0.379 e. The Morgan fingerprint density at radius 2 is 1.81 bits per heavy atom. The van der Waals surface area contributed by atoms with Crippen LogP contribution in [0.15, 0.2) is 59.4 Å². The number of pyridine rings is 1. The van der Waals surface area contributed by atoms with Gasteiger partial charge in [-0.15, -0.1) is 0 Å². The van der Waals surface area contributed by atoms with E-state index < -0.39 is 0 Å². The molecule has 1 aliphatic carbocycles. The van der Waals surface area contributed by atoms with Crippen LogP contribution in [-0.4, -0.2) is 10.9 Å². The molecule has 5 heteroatoms. The Morgan fingerprint density at radius 3 is 2.56 bits per heavy atom. The Balaban J connectivity index is 1.53. The average molecular weight is 430 g/mol. The fourth-order valence-electron chi connectivity index (χ4n) is 4.40. The first-order valence-electron chi connectivity index (χ1n) is 11.4. The Labute approximate surface area is 189 Å². The third kappa shape index (κ3) is 4.77. The molecular weight excluding hydrogens is 398 g/mol. The molecule has 32 heavy (non-hydrogen) atoms. The first-order chi connectivity index (χ1) is 15.4. The average Bonchev–Trinajstić information content (AvgIpc) is 2.78. The molecule has 0 radical (unpaired) electrons. The van der Waals surface area contributed by atoms with Crippen molar-refractivity contribution >= 4 is 17.3 Å². The Hall–Kier alpha value is -3.34. The highest BCUT2D eigenvalue weighted by atomic mass is 16.2. The molecule has 1 heterocycles. The number of aromatic amines is 1. The zero-order valence-electron chi connectivity index (χ0n) is 19.0. The van der Waals surface area contributed by atoms with E-state index in [1.165, 1.54) is 11.1 Å². The van der Waals surface area contributed by atoms with Gasteiger partial charge in [-0.3, -0.25) is 9.59 Å². The van der Waals surface area contributed by atoms with E-state index in [1.54, 1.807) is 6.07 Å². The molecule has 166 valence electrons. The summed E-state index contributed by atoms with van der Waals surface area (Å²) in [6, 6.07) is 17.6. The van der Waals surface area contributed by atoms with Crippen molar-refractivity contribution < 1.29 is 4.79 Å². The number of hydrogen-bond acceptors (Lipinski definition) is 3. The molecule has 1 amide bonds. The summed E-state index contributed by atoms with van der Waals surface area (Å²) < 4.78 is 0. The number of aryl methyl sites for hydroxylation is 2. The van der Waals surface area contributed by atoms with Crippen LogP contribution in [0, 0.1) is 18.8 Å². The van der Waals surface area contributed by atoms with Gasteiger partial charge in [0.25, 0.3) is 11.5 Å². The highest BCUT2D eigenvalue weighted by molar-refractivity contribution is 6.05. The molecule has 0 spiro atoms. The van der Waals surface area contributed by atoms with Gasteiger partial charge >= 0.3 is 0 Å². The summed E-state index contributed by atoms with van der Waals surface area (Å²) in [5.74, 6) is 0.778. The number of nitrogens with one attached hydrogen (secondary N) is 3. The van der Waals surface area contributed by atoms with Gasteiger partial charge in [-0.1, -0.05) is 50.2 Å². The zero-order chi connectivity index (χ0) is 22.7. The fraction of sp³-hybridized carbons (Fsp3) is 0.333. The quantitative estimate of drug-likeness (QED) is 0.497. The minimum atomic E-state index is -0.383.